The van der Waals surface area contributed by atoms with Crippen molar-refractivity contribution < 1.29 is 0 Å². The van der Waals surface area contributed by atoms with E-state index in [2.05, 4.69) is 137 Å². The highest BCUT2D eigenvalue weighted by Gasteiger charge is 2.19. The Bertz CT molecular complexity index is 2360. The first-order valence-corrected chi connectivity index (χ1v) is 14.0. The third-order valence-corrected chi connectivity index (χ3v) is 8.95. The molecule has 39 heavy (non-hydrogen) atoms. The molecule has 6 aromatic carbocycles. The summed E-state index contributed by atoms with van der Waals surface area (Å²) in [6.45, 7) is 0. The summed E-state index contributed by atoms with van der Waals surface area (Å²) in [7, 11) is 0. The Morgan fingerprint density at radius 1 is 0.487 bits per heavy atom. The van der Waals surface area contributed by atoms with Crippen molar-refractivity contribution in [2.24, 2.45) is 0 Å². The molecule has 0 N–H and O–H groups in total. The van der Waals surface area contributed by atoms with Gasteiger partial charge >= 0.3 is 0 Å². The number of aromatic nitrogens is 3. The van der Waals surface area contributed by atoms with Crippen LogP contribution in [0.3, 0.4) is 0 Å². The Balaban J connectivity index is 1.48. The zero-order chi connectivity index (χ0) is 25.5. The van der Waals surface area contributed by atoms with Crippen LogP contribution in [0.1, 0.15) is 0 Å². The topological polar surface area (TPSA) is 22.8 Å². The van der Waals surface area contributed by atoms with Crippen LogP contribution < -0.4 is 0 Å². The van der Waals surface area contributed by atoms with Gasteiger partial charge in [-0.05, 0) is 53.9 Å². The van der Waals surface area contributed by atoms with Crippen LogP contribution >= 0.6 is 11.3 Å². The van der Waals surface area contributed by atoms with Crippen LogP contribution in [0.15, 0.2) is 127 Å². The predicted octanol–water partition coefficient (Wildman–Crippen LogP) is 9.64. The predicted molar refractivity (Wildman–Crippen MR) is 166 cm³/mol. The number of rotatable bonds is 2. The lowest BCUT2D eigenvalue weighted by atomic mass is 10.0. The van der Waals surface area contributed by atoms with E-state index in [9.17, 15) is 0 Å². The van der Waals surface area contributed by atoms with E-state index in [-0.39, 0.29) is 0 Å². The monoisotopic (exact) mass is 515 g/mol. The van der Waals surface area contributed by atoms with Gasteiger partial charge in [0.1, 0.15) is 0 Å². The summed E-state index contributed by atoms with van der Waals surface area (Å²) >= 11 is 1.74. The van der Waals surface area contributed by atoms with Gasteiger partial charge in [-0.1, -0.05) is 90.2 Å². The van der Waals surface area contributed by atoms with Crippen molar-refractivity contribution in [2.45, 2.75) is 0 Å². The summed E-state index contributed by atoms with van der Waals surface area (Å²) in [4.78, 5) is 5.07. The van der Waals surface area contributed by atoms with Crippen LogP contribution in [0.2, 0.25) is 0 Å². The molecule has 0 atom stereocenters. The molecule has 0 saturated carbocycles. The smallest absolute Gasteiger partial charge is 0.195 e. The lowest BCUT2D eigenvalue weighted by molar-refractivity contribution is 1.15. The first-order chi connectivity index (χ1) is 19.3. The quantitative estimate of drug-likeness (QED) is 0.225. The number of fused-ring (bicyclic) bond motifs is 9. The van der Waals surface area contributed by atoms with E-state index >= 15 is 0 Å². The fraction of sp³-hybridized carbons (Fsp3) is 0. The molecule has 3 aromatic heterocycles. The fourth-order valence-corrected chi connectivity index (χ4v) is 7.25. The van der Waals surface area contributed by atoms with Crippen LogP contribution in [-0.2, 0) is 0 Å². The van der Waals surface area contributed by atoms with E-state index in [4.69, 9.17) is 4.98 Å². The maximum atomic E-state index is 5.07. The third kappa shape index (κ3) is 2.89. The van der Waals surface area contributed by atoms with Gasteiger partial charge in [0, 0.05) is 32.6 Å². The number of hydrogen-bond acceptors (Lipinski definition) is 2. The molecule has 0 spiro atoms. The highest BCUT2D eigenvalue weighted by atomic mass is 32.1. The normalized spacial score (nSPS) is 12.1. The number of benzene rings is 6. The SMILES string of the molecule is c1ccc(-n2c3ccccc3c3ccc4cc5c6ccccc6n(-c6nc7ccccc7s6)c5cc4c32)cc1. The van der Waals surface area contributed by atoms with Crippen LogP contribution in [-0.4, -0.2) is 14.1 Å². The van der Waals surface area contributed by atoms with Gasteiger partial charge in [-0.25, -0.2) is 4.98 Å². The summed E-state index contributed by atoms with van der Waals surface area (Å²) in [5.41, 5.74) is 7.03. The van der Waals surface area contributed by atoms with Crippen molar-refractivity contribution in [1.82, 2.24) is 14.1 Å². The van der Waals surface area contributed by atoms with Crippen LogP contribution in [0.4, 0.5) is 0 Å². The second-order valence-electron chi connectivity index (χ2n) is 10.1. The molecule has 0 bridgehead atoms. The van der Waals surface area contributed by atoms with Gasteiger partial charge in [0.25, 0.3) is 0 Å². The average Bonchev–Trinajstić information content (AvgIpc) is 3.66. The second-order valence-corrected chi connectivity index (χ2v) is 11.1. The van der Waals surface area contributed by atoms with Gasteiger partial charge in [-0.15, -0.1) is 0 Å². The molecule has 0 amide bonds. The van der Waals surface area contributed by atoms with E-state index in [1.807, 2.05) is 0 Å². The van der Waals surface area contributed by atoms with Crippen molar-refractivity contribution in [3.63, 3.8) is 0 Å². The van der Waals surface area contributed by atoms with Crippen molar-refractivity contribution >= 4 is 75.9 Å². The van der Waals surface area contributed by atoms with Gasteiger partial charge in [0.15, 0.2) is 5.13 Å². The standard InChI is InChI=1S/C35H21N3S/c1-2-10-23(11-3-1)37-30-15-7-4-12-24(30)26-19-18-22-20-28-25-13-5-8-16-31(25)38(32(28)21-27(22)34(26)37)35-36-29-14-6-9-17-33(29)39-35/h1-21H. The average molecular weight is 516 g/mol. The van der Waals surface area contributed by atoms with E-state index in [0.717, 1.165) is 10.6 Å². The second kappa shape index (κ2) is 7.79. The summed E-state index contributed by atoms with van der Waals surface area (Å²) < 4.78 is 5.97. The van der Waals surface area contributed by atoms with E-state index in [1.165, 1.54) is 64.8 Å². The summed E-state index contributed by atoms with van der Waals surface area (Å²) in [6.07, 6.45) is 0. The minimum Gasteiger partial charge on any atom is -0.309 e. The Kier molecular flexibility index (Phi) is 4.21. The minimum absolute atomic E-state index is 0.998. The van der Waals surface area contributed by atoms with Crippen molar-refractivity contribution in [2.75, 3.05) is 0 Å². The van der Waals surface area contributed by atoms with E-state index < -0.39 is 0 Å². The molecule has 4 heteroatoms. The molecule has 3 heterocycles. The molecular formula is C35H21N3S. The Morgan fingerprint density at radius 3 is 2.00 bits per heavy atom. The lowest BCUT2D eigenvalue weighted by Gasteiger charge is -2.10. The Labute approximate surface area is 227 Å². The highest BCUT2D eigenvalue weighted by molar-refractivity contribution is 7.20. The molecule has 3 nitrogen and oxygen atoms in total. The molecular weight excluding hydrogens is 494 g/mol. The van der Waals surface area contributed by atoms with Crippen LogP contribution in [0, 0.1) is 0 Å². The van der Waals surface area contributed by atoms with Gasteiger partial charge in [-0.3, -0.25) is 4.57 Å². The molecule has 0 fully saturated rings. The molecule has 0 aliphatic carbocycles. The maximum Gasteiger partial charge on any atom is 0.195 e. The molecule has 0 radical (unpaired) electrons. The first kappa shape index (κ1) is 21.1. The van der Waals surface area contributed by atoms with E-state index in [0.29, 0.717) is 0 Å². The third-order valence-electron chi connectivity index (χ3n) is 7.93. The minimum atomic E-state index is 0.998. The lowest BCUT2D eigenvalue weighted by Crippen LogP contribution is -1.95. The van der Waals surface area contributed by atoms with Gasteiger partial charge in [-0.2, -0.15) is 0 Å². The van der Waals surface area contributed by atoms with Gasteiger partial charge in [0.05, 0.1) is 32.3 Å². The summed E-state index contributed by atoms with van der Waals surface area (Å²) in [6, 6.07) is 45.8. The first-order valence-electron chi connectivity index (χ1n) is 13.2. The molecule has 9 rings (SSSR count). The number of nitrogens with zero attached hydrogens (tertiary/aromatic N) is 3. The maximum absolute atomic E-state index is 5.07. The summed E-state index contributed by atoms with van der Waals surface area (Å²) in [5.74, 6) is 0. The fourth-order valence-electron chi connectivity index (χ4n) is 6.25. The van der Waals surface area contributed by atoms with Crippen molar-refractivity contribution in [1.29, 1.82) is 0 Å². The molecule has 9 aromatic rings. The number of hydrogen-bond donors (Lipinski definition) is 0. The zero-order valence-electron chi connectivity index (χ0n) is 20.9. The van der Waals surface area contributed by atoms with Crippen LogP contribution in [0.5, 0.6) is 0 Å². The largest absolute Gasteiger partial charge is 0.309 e. The van der Waals surface area contributed by atoms with Crippen molar-refractivity contribution in [3.8, 4) is 10.8 Å². The highest BCUT2D eigenvalue weighted by Crippen LogP contribution is 2.41. The zero-order valence-corrected chi connectivity index (χ0v) is 21.7. The Hall–Kier alpha value is -4.93. The van der Waals surface area contributed by atoms with E-state index in [1.54, 1.807) is 11.3 Å². The van der Waals surface area contributed by atoms with Gasteiger partial charge in [0.2, 0.25) is 0 Å². The Morgan fingerprint density at radius 2 is 1.18 bits per heavy atom. The molecule has 0 unspecified atom stereocenters. The molecule has 0 saturated heterocycles. The van der Waals surface area contributed by atoms with Crippen molar-refractivity contribution in [3.05, 3.63) is 127 Å². The molecule has 0 aliphatic heterocycles. The number of para-hydroxylation sites is 4. The number of thiazole rings is 1. The summed E-state index contributed by atoms with van der Waals surface area (Å²) in [5, 5.41) is 8.51. The molecule has 0 aliphatic rings. The van der Waals surface area contributed by atoms with Gasteiger partial charge < -0.3 is 4.57 Å². The van der Waals surface area contributed by atoms with Crippen LogP contribution in [0.25, 0.3) is 75.4 Å². The molecule has 182 valence electrons.